The average molecular weight is 285 g/mol. The second kappa shape index (κ2) is 5.47. The molecular formula is C15H15N3O3. The number of amides is 1. The first-order valence-electron chi connectivity index (χ1n) is 6.86. The van der Waals surface area contributed by atoms with Crippen LogP contribution in [0.3, 0.4) is 0 Å². The van der Waals surface area contributed by atoms with Crippen LogP contribution in [0, 0.1) is 5.92 Å². The number of hydrogen-bond acceptors (Lipinski definition) is 4. The van der Waals surface area contributed by atoms with E-state index in [0.717, 1.165) is 12.8 Å². The fourth-order valence-corrected chi connectivity index (χ4v) is 2.33. The molecule has 6 heteroatoms. The van der Waals surface area contributed by atoms with E-state index < -0.39 is 5.97 Å². The van der Waals surface area contributed by atoms with Gasteiger partial charge < -0.3 is 10.0 Å². The maximum Gasteiger partial charge on any atom is 0.323 e. The maximum absolute atomic E-state index is 12.7. The number of nitrogens with zero attached hydrogens (tertiary/aromatic N) is 3. The first-order chi connectivity index (χ1) is 10.1. The molecule has 1 aromatic carbocycles. The van der Waals surface area contributed by atoms with E-state index in [0.29, 0.717) is 29.1 Å². The summed E-state index contributed by atoms with van der Waals surface area (Å²) in [5, 5.41) is 9.00. The van der Waals surface area contributed by atoms with Gasteiger partial charge in [0.15, 0.2) is 0 Å². The highest BCUT2D eigenvalue weighted by molar-refractivity contribution is 6.05. The smallest absolute Gasteiger partial charge is 0.323 e. The molecule has 108 valence electrons. The first-order valence-corrected chi connectivity index (χ1v) is 6.86. The predicted molar refractivity (Wildman–Crippen MR) is 75.8 cm³/mol. The van der Waals surface area contributed by atoms with Gasteiger partial charge >= 0.3 is 5.97 Å². The van der Waals surface area contributed by atoms with Crippen LogP contribution in [0.4, 0.5) is 0 Å². The Morgan fingerprint density at radius 2 is 2.00 bits per heavy atom. The quantitative estimate of drug-likeness (QED) is 0.901. The monoisotopic (exact) mass is 285 g/mol. The Bertz CT molecular complexity index is 692. The first kappa shape index (κ1) is 13.5. The van der Waals surface area contributed by atoms with Gasteiger partial charge in [0.2, 0.25) is 0 Å². The number of hydrogen-bond donors (Lipinski definition) is 1. The number of benzene rings is 1. The van der Waals surface area contributed by atoms with Gasteiger partial charge in [-0.25, -0.2) is 0 Å². The summed E-state index contributed by atoms with van der Waals surface area (Å²) in [5.74, 6) is -0.875. The van der Waals surface area contributed by atoms with E-state index in [4.69, 9.17) is 5.11 Å². The van der Waals surface area contributed by atoms with Crippen molar-refractivity contribution in [3.05, 3.63) is 36.2 Å². The molecule has 0 aliphatic heterocycles. The molecule has 1 aliphatic rings. The molecule has 0 saturated heterocycles. The van der Waals surface area contributed by atoms with E-state index in [1.54, 1.807) is 24.4 Å². The van der Waals surface area contributed by atoms with Crippen molar-refractivity contribution in [3.8, 4) is 0 Å². The fourth-order valence-electron chi connectivity index (χ4n) is 2.33. The van der Waals surface area contributed by atoms with Gasteiger partial charge in [0, 0.05) is 18.9 Å². The number of carboxylic acid groups (broad SMARTS) is 1. The van der Waals surface area contributed by atoms with Crippen LogP contribution < -0.4 is 0 Å². The van der Waals surface area contributed by atoms with Crippen molar-refractivity contribution < 1.29 is 14.7 Å². The summed E-state index contributed by atoms with van der Waals surface area (Å²) in [7, 11) is 0. The Labute approximate surface area is 121 Å². The standard InChI is InChI=1S/C15H15N3O3/c19-13(20)9-18(8-10-4-5-10)15(21)11-2-1-3-12-14(11)17-7-6-16-12/h1-3,6-7,10H,4-5,8-9H2,(H,19,20). The molecule has 1 amide bonds. The van der Waals surface area contributed by atoms with Crippen molar-refractivity contribution in [2.24, 2.45) is 5.92 Å². The Morgan fingerprint density at radius 3 is 2.71 bits per heavy atom. The van der Waals surface area contributed by atoms with Crippen LogP contribution in [0.15, 0.2) is 30.6 Å². The topological polar surface area (TPSA) is 83.4 Å². The summed E-state index contributed by atoms with van der Waals surface area (Å²) in [6.07, 6.45) is 5.20. The number of carbonyl (C=O) groups excluding carboxylic acids is 1. The fraction of sp³-hybridized carbons (Fsp3) is 0.333. The summed E-state index contributed by atoms with van der Waals surface area (Å²) < 4.78 is 0. The van der Waals surface area contributed by atoms with E-state index >= 15 is 0 Å². The number of carboxylic acids is 1. The van der Waals surface area contributed by atoms with E-state index in [-0.39, 0.29) is 12.5 Å². The van der Waals surface area contributed by atoms with Gasteiger partial charge in [0.1, 0.15) is 12.1 Å². The Balaban J connectivity index is 1.94. The molecule has 21 heavy (non-hydrogen) atoms. The SMILES string of the molecule is O=C(O)CN(CC1CC1)C(=O)c1cccc2nccnc12. The van der Waals surface area contributed by atoms with Crippen molar-refractivity contribution in [2.45, 2.75) is 12.8 Å². The highest BCUT2D eigenvalue weighted by Gasteiger charge is 2.29. The van der Waals surface area contributed by atoms with Crippen LogP contribution in [0.2, 0.25) is 0 Å². The van der Waals surface area contributed by atoms with E-state index in [2.05, 4.69) is 9.97 Å². The minimum absolute atomic E-state index is 0.286. The van der Waals surface area contributed by atoms with Gasteiger partial charge in [0.05, 0.1) is 11.1 Å². The second-order valence-corrected chi connectivity index (χ2v) is 5.25. The summed E-state index contributed by atoms with van der Waals surface area (Å²) in [6.45, 7) is 0.202. The summed E-state index contributed by atoms with van der Waals surface area (Å²) >= 11 is 0. The third-order valence-electron chi connectivity index (χ3n) is 3.52. The third kappa shape index (κ3) is 2.99. The van der Waals surface area contributed by atoms with Crippen molar-refractivity contribution in [1.29, 1.82) is 0 Å². The number of rotatable bonds is 5. The summed E-state index contributed by atoms with van der Waals surface area (Å²) in [5.41, 5.74) is 1.55. The van der Waals surface area contributed by atoms with Gasteiger partial charge in [-0.3, -0.25) is 19.6 Å². The number of aromatic nitrogens is 2. The normalized spacial score (nSPS) is 14.1. The predicted octanol–water partition coefficient (Wildman–Crippen LogP) is 1.57. The molecule has 1 N–H and O–H groups in total. The van der Waals surface area contributed by atoms with Crippen molar-refractivity contribution >= 4 is 22.9 Å². The van der Waals surface area contributed by atoms with E-state index in [1.165, 1.54) is 11.1 Å². The van der Waals surface area contributed by atoms with Gasteiger partial charge in [-0.1, -0.05) is 6.07 Å². The molecule has 1 saturated carbocycles. The highest BCUT2D eigenvalue weighted by Crippen LogP contribution is 2.30. The van der Waals surface area contributed by atoms with Crippen LogP contribution in [0.1, 0.15) is 23.2 Å². The molecule has 1 aliphatic carbocycles. The molecular weight excluding hydrogens is 270 g/mol. The summed E-state index contributed by atoms with van der Waals surface area (Å²) in [6, 6.07) is 5.18. The molecule has 0 radical (unpaired) electrons. The zero-order valence-corrected chi connectivity index (χ0v) is 11.4. The van der Waals surface area contributed by atoms with Gasteiger partial charge in [-0.15, -0.1) is 0 Å². The molecule has 6 nitrogen and oxygen atoms in total. The van der Waals surface area contributed by atoms with Gasteiger partial charge in [-0.05, 0) is 30.9 Å². The number of aliphatic carboxylic acids is 1. The molecule has 0 unspecified atom stereocenters. The van der Waals surface area contributed by atoms with Gasteiger partial charge in [0.25, 0.3) is 5.91 Å². The van der Waals surface area contributed by atoms with Crippen LogP contribution in [-0.4, -0.2) is 44.9 Å². The molecule has 1 aromatic heterocycles. The number of fused-ring (bicyclic) bond motifs is 1. The van der Waals surface area contributed by atoms with Crippen LogP contribution in [-0.2, 0) is 4.79 Å². The van der Waals surface area contributed by atoms with Crippen LogP contribution in [0.5, 0.6) is 0 Å². The Morgan fingerprint density at radius 1 is 1.24 bits per heavy atom. The zero-order chi connectivity index (χ0) is 14.8. The third-order valence-corrected chi connectivity index (χ3v) is 3.52. The number of para-hydroxylation sites is 1. The van der Waals surface area contributed by atoms with Crippen LogP contribution >= 0.6 is 0 Å². The molecule has 1 fully saturated rings. The molecule has 1 heterocycles. The average Bonchev–Trinajstić information content (AvgIpc) is 3.29. The van der Waals surface area contributed by atoms with Crippen LogP contribution in [0.25, 0.3) is 11.0 Å². The lowest BCUT2D eigenvalue weighted by Gasteiger charge is -2.21. The minimum atomic E-state index is -1.00. The zero-order valence-electron chi connectivity index (χ0n) is 11.4. The summed E-state index contributed by atoms with van der Waals surface area (Å²) in [4.78, 5) is 33.4. The molecule has 3 rings (SSSR count). The lowest BCUT2D eigenvalue weighted by molar-refractivity contribution is -0.137. The molecule has 0 spiro atoms. The van der Waals surface area contributed by atoms with Crippen molar-refractivity contribution in [3.63, 3.8) is 0 Å². The number of carbonyl (C=O) groups is 2. The maximum atomic E-state index is 12.7. The highest BCUT2D eigenvalue weighted by atomic mass is 16.4. The van der Waals surface area contributed by atoms with E-state index in [9.17, 15) is 9.59 Å². The van der Waals surface area contributed by atoms with E-state index in [1.807, 2.05) is 0 Å². The second-order valence-electron chi connectivity index (χ2n) is 5.25. The van der Waals surface area contributed by atoms with Crippen molar-refractivity contribution in [2.75, 3.05) is 13.1 Å². The molecule has 0 atom stereocenters. The molecule has 2 aromatic rings. The molecule has 0 bridgehead atoms. The lowest BCUT2D eigenvalue weighted by Crippen LogP contribution is -2.37. The lowest BCUT2D eigenvalue weighted by atomic mass is 10.1. The largest absolute Gasteiger partial charge is 0.480 e. The Hall–Kier alpha value is -2.50. The van der Waals surface area contributed by atoms with Gasteiger partial charge in [-0.2, -0.15) is 0 Å². The Kier molecular flexibility index (Phi) is 3.51. The minimum Gasteiger partial charge on any atom is -0.480 e. The van der Waals surface area contributed by atoms with Crippen molar-refractivity contribution in [1.82, 2.24) is 14.9 Å².